The molecule has 0 aliphatic carbocycles. The van der Waals surface area contributed by atoms with Gasteiger partial charge >= 0.3 is 0 Å². The van der Waals surface area contributed by atoms with E-state index in [9.17, 15) is 5.11 Å². The minimum absolute atomic E-state index is 0.962. The van der Waals surface area contributed by atoms with Gasteiger partial charge in [0.25, 0.3) is 0 Å². The molecule has 0 amide bonds. The van der Waals surface area contributed by atoms with Gasteiger partial charge in [0, 0.05) is 20.9 Å². The Bertz CT molecular complexity index is 891. The van der Waals surface area contributed by atoms with Crippen molar-refractivity contribution < 1.29 is 5.11 Å². The van der Waals surface area contributed by atoms with Gasteiger partial charge in [-0.05, 0) is 44.0 Å². The van der Waals surface area contributed by atoms with E-state index in [0.717, 1.165) is 43.2 Å². The third-order valence-corrected chi connectivity index (χ3v) is 5.96. The number of fused-ring (bicyclic) bond motifs is 2. The van der Waals surface area contributed by atoms with Crippen LogP contribution in [-0.4, -0.2) is 5.11 Å². The summed E-state index contributed by atoms with van der Waals surface area (Å²) >= 11 is 1.74. The van der Waals surface area contributed by atoms with Gasteiger partial charge in [0.1, 0.15) is 5.60 Å². The van der Waals surface area contributed by atoms with Crippen LogP contribution in [-0.2, 0) is 5.60 Å². The second-order valence-corrected chi connectivity index (χ2v) is 7.71. The number of aryl methyl sites for hydroxylation is 3. The summed E-state index contributed by atoms with van der Waals surface area (Å²) in [5.74, 6) is 0. The highest BCUT2D eigenvalue weighted by Crippen LogP contribution is 2.51. The fourth-order valence-corrected chi connectivity index (χ4v) is 4.71. The van der Waals surface area contributed by atoms with Gasteiger partial charge in [-0.25, -0.2) is 0 Å². The predicted molar refractivity (Wildman–Crippen MR) is 99.8 cm³/mol. The smallest absolute Gasteiger partial charge is 0.143 e. The Labute approximate surface area is 147 Å². The maximum atomic E-state index is 12.1. The van der Waals surface area contributed by atoms with Crippen molar-refractivity contribution in [1.82, 2.24) is 0 Å². The second-order valence-electron chi connectivity index (χ2n) is 6.63. The van der Waals surface area contributed by atoms with Gasteiger partial charge < -0.3 is 5.11 Å². The molecule has 2 heteroatoms. The van der Waals surface area contributed by atoms with Crippen LogP contribution in [0.2, 0.25) is 0 Å². The Kier molecular flexibility index (Phi) is 3.56. The quantitative estimate of drug-likeness (QED) is 0.647. The average molecular weight is 332 g/mol. The van der Waals surface area contributed by atoms with Gasteiger partial charge in [0.15, 0.2) is 0 Å². The monoisotopic (exact) mass is 332 g/mol. The van der Waals surface area contributed by atoms with Crippen LogP contribution in [0.5, 0.6) is 0 Å². The summed E-state index contributed by atoms with van der Waals surface area (Å²) in [6.07, 6.45) is 0. The highest BCUT2D eigenvalue weighted by atomic mass is 32.2. The van der Waals surface area contributed by atoms with Crippen LogP contribution in [0, 0.1) is 20.8 Å². The summed E-state index contributed by atoms with van der Waals surface area (Å²) < 4.78 is 0. The van der Waals surface area contributed by atoms with Crippen LogP contribution in [0.25, 0.3) is 0 Å². The number of hydrogen-bond donors (Lipinski definition) is 1. The molecule has 3 aromatic rings. The highest BCUT2D eigenvalue weighted by molar-refractivity contribution is 7.99. The fraction of sp³-hybridized carbons (Fsp3) is 0.182. The molecular formula is C22H20OS. The Morgan fingerprint density at radius 1 is 0.708 bits per heavy atom. The normalized spacial score (nSPS) is 14.8. The van der Waals surface area contributed by atoms with Crippen LogP contribution >= 0.6 is 11.8 Å². The van der Waals surface area contributed by atoms with E-state index >= 15 is 0 Å². The third-order valence-electron chi connectivity index (χ3n) is 4.80. The van der Waals surface area contributed by atoms with E-state index in [1.54, 1.807) is 11.8 Å². The number of aliphatic hydroxyl groups is 1. The van der Waals surface area contributed by atoms with Crippen molar-refractivity contribution in [3.05, 3.63) is 94.0 Å². The molecule has 1 heterocycles. The number of benzene rings is 3. The zero-order valence-corrected chi connectivity index (χ0v) is 14.9. The van der Waals surface area contributed by atoms with Gasteiger partial charge in [0.05, 0.1) is 0 Å². The van der Waals surface area contributed by atoms with Gasteiger partial charge in [-0.1, -0.05) is 71.4 Å². The molecule has 0 atom stereocenters. The summed E-state index contributed by atoms with van der Waals surface area (Å²) in [7, 11) is 0. The molecule has 0 unspecified atom stereocenters. The first-order chi connectivity index (χ1) is 11.5. The Hall–Kier alpha value is -2.03. The SMILES string of the molecule is Cc1ccc2c(c1)C(O)(c1ccccc1C)c1cc(C)ccc1S2. The second kappa shape index (κ2) is 5.51. The van der Waals surface area contributed by atoms with Gasteiger partial charge in [-0.3, -0.25) is 0 Å². The lowest BCUT2D eigenvalue weighted by Gasteiger charge is -2.38. The maximum Gasteiger partial charge on any atom is 0.143 e. The predicted octanol–water partition coefficient (Wildman–Crippen LogP) is 5.36. The summed E-state index contributed by atoms with van der Waals surface area (Å²) in [6.45, 7) is 6.23. The molecule has 1 N–H and O–H groups in total. The van der Waals surface area contributed by atoms with Crippen molar-refractivity contribution in [2.75, 3.05) is 0 Å². The van der Waals surface area contributed by atoms with Crippen LogP contribution < -0.4 is 0 Å². The molecule has 0 saturated carbocycles. The van der Waals surface area contributed by atoms with E-state index in [1.807, 2.05) is 18.2 Å². The van der Waals surface area contributed by atoms with Gasteiger partial charge in [-0.15, -0.1) is 0 Å². The Morgan fingerprint density at radius 2 is 1.25 bits per heavy atom. The number of hydrogen-bond acceptors (Lipinski definition) is 2. The van der Waals surface area contributed by atoms with Gasteiger partial charge in [-0.2, -0.15) is 0 Å². The molecule has 0 fully saturated rings. The average Bonchev–Trinajstić information content (AvgIpc) is 2.57. The third kappa shape index (κ3) is 2.21. The van der Waals surface area contributed by atoms with Crippen molar-refractivity contribution in [3.63, 3.8) is 0 Å². The minimum atomic E-state index is -1.11. The molecule has 1 aliphatic rings. The van der Waals surface area contributed by atoms with Crippen molar-refractivity contribution in [1.29, 1.82) is 0 Å². The lowest BCUT2D eigenvalue weighted by molar-refractivity contribution is 0.118. The summed E-state index contributed by atoms with van der Waals surface area (Å²) in [6, 6.07) is 20.9. The van der Waals surface area contributed by atoms with E-state index in [2.05, 4.69) is 63.2 Å². The van der Waals surface area contributed by atoms with Crippen molar-refractivity contribution in [3.8, 4) is 0 Å². The van der Waals surface area contributed by atoms with E-state index < -0.39 is 5.60 Å². The molecule has 4 rings (SSSR count). The lowest BCUT2D eigenvalue weighted by atomic mass is 9.77. The topological polar surface area (TPSA) is 20.2 Å². The zero-order chi connectivity index (χ0) is 16.9. The van der Waals surface area contributed by atoms with Crippen molar-refractivity contribution >= 4 is 11.8 Å². The molecule has 24 heavy (non-hydrogen) atoms. The van der Waals surface area contributed by atoms with E-state index in [-0.39, 0.29) is 0 Å². The summed E-state index contributed by atoms with van der Waals surface area (Å²) in [4.78, 5) is 2.26. The van der Waals surface area contributed by atoms with Crippen molar-refractivity contribution in [2.45, 2.75) is 36.2 Å². The van der Waals surface area contributed by atoms with E-state index in [4.69, 9.17) is 0 Å². The molecule has 120 valence electrons. The number of rotatable bonds is 1. The Balaban J connectivity index is 2.10. The molecule has 1 aliphatic heterocycles. The molecule has 1 nitrogen and oxygen atoms in total. The van der Waals surface area contributed by atoms with E-state index in [1.165, 1.54) is 0 Å². The van der Waals surface area contributed by atoms with Crippen LogP contribution in [0.4, 0.5) is 0 Å². The Morgan fingerprint density at radius 3 is 1.79 bits per heavy atom. The summed E-state index contributed by atoms with van der Waals surface area (Å²) in [5.41, 5.74) is 5.25. The standard InChI is InChI=1S/C22H20OS/c1-14-8-10-20-18(12-14)22(23,17-7-5-4-6-16(17)3)19-13-15(2)9-11-21(19)24-20/h4-13,23H,1-3H3. The first-order valence-corrected chi connectivity index (χ1v) is 9.00. The van der Waals surface area contributed by atoms with E-state index in [0.29, 0.717) is 0 Å². The molecule has 0 spiro atoms. The maximum absolute atomic E-state index is 12.1. The molecule has 3 aromatic carbocycles. The van der Waals surface area contributed by atoms with Crippen LogP contribution in [0.1, 0.15) is 33.4 Å². The largest absolute Gasteiger partial charge is 0.376 e. The molecule has 0 bridgehead atoms. The van der Waals surface area contributed by atoms with Crippen LogP contribution in [0.15, 0.2) is 70.5 Å². The summed E-state index contributed by atoms with van der Waals surface area (Å²) in [5, 5.41) is 12.1. The van der Waals surface area contributed by atoms with Crippen molar-refractivity contribution in [2.24, 2.45) is 0 Å². The highest BCUT2D eigenvalue weighted by Gasteiger charge is 2.41. The first-order valence-electron chi connectivity index (χ1n) is 8.19. The molecule has 0 aromatic heterocycles. The fourth-order valence-electron chi connectivity index (χ4n) is 3.56. The molecule has 0 radical (unpaired) electrons. The van der Waals surface area contributed by atoms with Crippen LogP contribution in [0.3, 0.4) is 0 Å². The zero-order valence-electron chi connectivity index (χ0n) is 14.1. The molecule has 0 saturated heterocycles. The first kappa shape index (κ1) is 15.5. The molecular weight excluding hydrogens is 312 g/mol. The lowest BCUT2D eigenvalue weighted by Crippen LogP contribution is -2.33. The van der Waals surface area contributed by atoms with Gasteiger partial charge in [0.2, 0.25) is 0 Å². The minimum Gasteiger partial charge on any atom is -0.376 e.